The van der Waals surface area contributed by atoms with Gasteiger partial charge in [-0.25, -0.2) is 14.6 Å². The molecule has 1 aliphatic heterocycles. The van der Waals surface area contributed by atoms with Crippen LogP contribution in [0.15, 0.2) is 60.9 Å². The van der Waals surface area contributed by atoms with E-state index in [4.69, 9.17) is 22.0 Å². The maximum absolute atomic E-state index is 12.3. The van der Waals surface area contributed by atoms with Crippen LogP contribution in [0.3, 0.4) is 0 Å². The summed E-state index contributed by atoms with van der Waals surface area (Å²) in [7, 11) is 0. The monoisotopic (exact) mass is 450 g/mol. The third-order valence-electron chi connectivity index (χ3n) is 6.75. The molecule has 4 aromatic rings. The third-order valence-corrected chi connectivity index (χ3v) is 6.75. The van der Waals surface area contributed by atoms with E-state index in [1.54, 1.807) is 4.90 Å². The standard InChI is InChI=1S/C26H22N6O2/c1-2-22(33)31-14-16-11-20(31)21(12-16)32-26-23(25(27)28-15-29-26)24(30-32)17-7-6-10-19(13-17)34-18-8-4-3-5-9-18/h1,3-10,13,15-16,20-21H,11-12,14H2,(H2,27,28,29). The molecule has 0 spiro atoms. The van der Waals surface area contributed by atoms with Crippen molar-refractivity contribution in [2.45, 2.75) is 24.9 Å². The van der Waals surface area contributed by atoms with Crippen molar-refractivity contribution in [3.8, 4) is 35.1 Å². The van der Waals surface area contributed by atoms with Gasteiger partial charge in [0, 0.05) is 12.1 Å². The molecular weight excluding hydrogens is 428 g/mol. The second kappa shape index (κ2) is 7.89. The topological polar surface area (TPSA) is 99.2 Å². The molecule has 168 valence electrons. The highest BCUT2D eigenvalue weighted by Crippen LogP contribution is 2.46. The number of nitrogen functional groups attached to an aromatic ring is 1. The molecule has 2 aromatic heterocycles. The Balaban J connectivity index is 1.43. The summed E-state index contributed by atoms with van der Waals surface area (Å²) in [4.78, 5) is 22.9. The zero-order chi connectivity index (χ0) is 23.2. The van der Waals surface area contributed by atoms with Gasteiger partial charge in [-0.1, -0.05) is 30.3 Å². The zero-order valence-electron chi connectivity index (χ0n) is 18.3. The highest BCUT2D eigenvalue weighted by Gasteiger charge is 2.48. The van der Waals surface area contributed by atoms with E-state index in [1.165, 1.54) is 6.33 Å². The first-order chi connectivity index (χ1) is 16.6. The highest BCUT2D eigenvalue weighted by atomic mass is 16.5. The fourth-order valence-electron chi connectivity index (χ4n) is 5.33. The Bertz CT molecular complexity index is 1440. The van der Waals surface area contributed by atoms with Crippen molar-refractivity contribution in [3.63, 3.8) is 0 Å². The van der Waals surface area contributed by atoms with E-state index in [2.05, 4.69) is 15.9 Å². The molecule has 2 N–H and O–H groups in total. The number of benzene rings is 2. The summed E-state index contributed by atoms with van der Waals surface area (Å²) in [6.45, 7) is 0.701. The summed E-state index contributed by atoms with van der Waals surface area (Å²) in [5.41, 5.74) is 8.50. The van der Waals surface area contributed by atoms with Gasteiger partial charge in [0.25, 0.3) is 5.91 Å². The van der Waals surface area contributed by atoms with Crippen LogP contribution in [0.1, 0.15) is 18.9 Å². The molecule has 0 radical (unpaired) electrons. The molecule has 2 bridgehead atoms. The van der Waals surface area contributed by atoms with Crippen LogP contribution in [0, 0.1) is 18.3 Å². The SMILES string of the molecule is C#CC(=O)N1CC2CC1C(n1nc(-c3cccc(Oc4ccccc4)c3)c3c(N)ncnc31)C2. The Morgan fingerprint density at radius 1 is 1.06 bits per heavy atom. The molecule has 3 heterocycles. The largest absolute Gasteiger partial charge is 0.457 e. The lowest BCUT2D eigenvalue weighted by molar-refractivity contribution is -0.127. The van der Waals surface area contributed by atoms with Gasteiger partial charge in [-0.3, -0.25) is 4.79 Å². The molecular formula is C26H22N6O2. The zero-order valence-corrected chi connectivity index (χ0v) is 18.3. The minimum atomic E-state index is -0.270. The number of anilines is 1. The normalized spacial score (nSPS) is 21.0. The predicted octanol–water partition coefficient (Wildman–Crippen LogP) is 3.66. The Labute approximate surface area is 196 Å². The summed E-state index contributed by atoms with van der Waals surface area (Å²) in [6.07, 6.45) is 8.69. The van der Waals surface area contributed by atoms with Crippen molar-refractivity contribution >= 4 is 22.8 Å². The summed E-state index contributed by atoms with van der Waals surface area (Å²) in [5, 5.41) is 5.67. The number of aromatic nitrogens is 4. The number of nitrogens with two attached hydrogens (primary N) is 1. The number of piperidine rings is 1. The molecule has 3 unspecified atom stereocenters. The van der Waals surface area contributed by atoms with Gasteiger partial charge in [-0.2, -0.15) is 5.10 Å². The molecule has 1 aliphatic carbocycles. The van der Waals surface area contributed by atoms with E-state index in [-0.39, 0.29) is 18.0 Å². The first-order valence-corrected chi connectivity index (χ1v) is 11.2. The van der Waals surface area contributed by atoms with Gasteiger partial charge in [0.15, 0.2) is 5.65 Å². The number of ether oxygens (including phenoxy) is 1. The average molecular weight is 451 g/mol. The van der Waals surface area contributed by atoms with Crippen LogP contribution in [-0.2, 0) is 4.79 Å². The number of amides is 1. The average Bonchev–Trinajstić information content (AvgIpc) is 3.57. The third kappa shape index (κ3) is 3.25. The van der Waals surface area contributed by atoms with Crippen LogP contribution in [-0.4, -0.2) is 43.1 Å². The molecule has 1 saturated heterocycles. The van der Waals surface area contributed by atoms with Crippen LogP contribution in [0.2, 0.25) is 0 Å². The van der Waals surface area contributed by atoms with Crippen molar-refractivity contribution < 1.29 is 9.53 Å². The fourth-order valence-corrected chi connectivity index (χ4v) is 5.33. The fraction of sp³-hybridized carbons (Fsp3) is 0.231. The van der Waals surface area contributed by atoms with Crippen molar-refractivity contribution in [1.82, 2.24) is 24.6 Å². The number of fused-ring (bicyclic) bond motifs is 3. The number of terminal acetylenes is 1. The Hall–Kier alpha value is -4.38. The lowest BCUT2D eigenvalue weighted by Crippen LogP contribution is -2.42. The maximum Gasteiger partial charge on any atom is 0.298 e. The Morgan fingerprint density at radius 2 is 1.85 bits per heavy atom. The number of hydrogen-bond acceptors (Lipinski definition) is 6. The van der Waals surface area contributed by atoms with Crippen LogP contribution in [0.5, 0.6) is 11.5 Å². The van der Waals surface area contributed by atoms with E-state index in [0.717, 1.165) is 24.2 Å². The van der Waals surface area contributed by atoms with Crippen LogP contribution in [0.25, 0.3) is 22.3 Å². The minimum absolute atomic E-state index is 0.00608. The van der Waals surface area contributed by atoms with E-state index < -0.39 is 0 Å². The van der Waals surface area contributed by atoms with E-state index in [1.807, 2.05) is 59.3 Å². The molecule has 8 heteroatoms. The summed E-state index contributed by atoms with van der Waals surface area (Å²) >= 11 is 0. The number of nitrogens with zero attached hydrogens (tertiary/aromatic N) is 5. The molecule has 34 heavy (non-hydrogen) atoms. The molecule has 2 aliphatic rings. The van der Waals surface area contributed by atoms with E-state index in [0.29, 0.717) is 40.8 Å². The van der Waals surface area contributed by atoms with Gasteiger partial charge in [-0.05, 0) is 48.9 Å². The van der Waals surface area contributed by atoms with Crippen molar-refractivity contribution in [2.75, 3.05) is 12.3 Å². The molecule has 6 rings (SSSR count). The predicted molar refractivity (Wildman–Crippen MR) is 128 cm³/mol. The van der Waals surface area contributed by atoms with Crippen molar-refractivity contribution in [2.24, 2.45) is 5.92 Å². The Kier molecular flexibility index (Phi) is 4.69. The lowest BCUT2D eigenvalue weighted by Gasteiger charge is -2.32. The minimum Gasteiger partial charge on any atom is -0.457 e. The highest BCUT2D eigenvalue weighted by molar-refractivity contribution is 5.98. The lowest BCUT2D eigenvalue weighted by atomic mass is 10.1. The molecule has 8 nitrogen and oxygen atoms in total. The number of likely N-dealkylation sites (tertiary alicyclic amines) is 1. The second-order valence-corrected chi connectivity index (χ2v) is 8.77. The van der Waals surface area contributed by atoms with Crippen LogP contribution >= 0.6 is 0 Å². The molecule has 2 fully saturated rings. The number of carbonyl (C=O) groups excluding carboxylic acids is 1. The van der Waals surface area contributed by atoms with Gasteiger partial charge in [-0.15, -0.1) is 6.42 Å². The maximum atomic E-state index is 12.3. The van der Waals surface area contributed by atoms with Gasteiger partial charge in [0.2, 0.25) is 0 Å². The van der Waals surface area contributed by atoms with Gasteiger partial charge >= 0.3 is 0 Å². The summed E-state index contributed by atoms with van der Waals surface area (Å²) in [5.74, 6) is 4.19. The first-order valence-electron chi connectivity index (χ1n) is 11.2. The van der Waals surface area contributed by atoms with Crippen LogP contribution < -0.4 is 10.5 Å². The van der Waals surface area contributed by atoms with Gasteiger partial charge in [0.05, 0.1) is 17.5 Å². The number of hydrogen-bond donors (Lipinski definition) is 1. The summed E-state index contributed by atoms with van der Waals surface area (Å²) in [6, 6.07) is 17.3. The van der Waals surface area contributed by atoms with E-state index in [9.17, 15) is 4.79 Å². The Morgan fingerprint density at radius 3 is 2.65 bits per heavy atom. The molecule has 1 amide bonds. The van der Waals surface area contributed by atoms with Crippen molar-refractivity contribution in [3.05, 3.63) is 60.9 Å². The van der Waals surface area contributed by atoms with Crippen molar-refractivity contribution in [1.29, 1.82) is 0 Å². The van der Waals surface area contributed by atoms with Crippen LogP contribution in [0.4, 0.5) is 5.82 Å². The molecule has 1 saturated carbocycles. The smallest absolute Gasteiger partial charge is 0.298 e. The van der Waals surface area contributed by atoms with Gasteiger partial charge < -0.3 is 15.4 Å². The number of rotatable bonds is 4. The molecule has 2 aromatic carbocycles. The summed E-state index contributed by atoms with van der Waals surface area (Å²) < 4.78 is 7.93. The number of carbonyl (C=O) groups is 1. The quantitative estimate of drug-likeness (QED) is 0.477. The molecule has 3 atom stereocenters. The first kappa shape index (κ1) is 20.2. The second-order valence-electron chi connectivity index (χ2n) is 8.77. The van der Waals surface area contributed by atoms with Gasteiger partial charge in [0.1, 0.15) is 29.3 Å². The van der Waals surface area contributed by atoms with E-state index >= 15 is 0 Å². The number of para-hydroxylation sites is 1.